The van der Waals surface area contributed by atoms with Crippen LogP contribution in [-0.4, -0.2) is 20.5 Å². The minimum atomic E-state index is 0.0231. The lowest BCUT2D eigenvalue weighted by Gasteiger charge is -1.95. The van der Waals surface area contributed by atoms with Crippen LogP contribution < -0.4 is 5.32 Å². The predicted molar refractivity (Wildman–Crippen MR) is 62.0 cm³/mol. The fourth-order valence-corrected chi connectivity index (χ4v) is 1.79. The van der Waals surface area contributed by atoms with E-state index >= 15 is 0 Å². The molecule has 1 saturated carbocycles. The van der Waals surface area contributed by atoms with Crippen molar-refractivity contribution in [1.29, 1.82) is 0 Å². The zero-order valence-electron chi connectivity index (χ0n) is 8.35. The molecular weight excluding hydrogens is 272 g/mol. The van der Waals surface area contributed by atoms with Gasteiger partial charge in [0.25, 0.3) is 0 Å². The molecule has 0 spiro atoms. The average molecular weight is 281 g/mol. The number of fused-ring (bicyclic) bond motifs is 1. The van der Waals surface area contributed by atoms with Crippen molar-refractivity contribution in [3.05, 3.63) is 22.8 Å². The number of pyridine rings is 1. The van der Waals surface area contributed by atoms with E-state index in [2.05, 4.69) is 31.3 Å². The van der Waals surface area contributed by atoms with Crippen molar-refractivity contribution in [2.45, 2.75) is 12.8 Å². The van der Waals surface area contributed by atoms with E-state index in [9.17, 15) is 4.79 Å². The lowest BCUT2D eigenvalue weighted by Crippen LogP contribution is -2.14. The van der Waals surface area contributed by atoms with Crippen LogP contribution in [0.1, 0.15) is 12.8 Å². The first-order chi connectivity index (χ1) is 7.72. The Morgan fingerprint density at radius 1 is 1.50 bits per heavy atom. The van der Waals surface area contributed by atoms with Crippen LogP contribution in [0.15, 0.2) is 22.8 Å². The van der Waals surface area contributed by atoms with Gasteiger partial charge in [-0.05, 0) is 40.9 Å². The minimum Gasteiger partial charge on any atom is -0.293 e. The molecule has 6 heteroatoms. The summed E-state index contributed by atoms with van der Waals surface area (Å²) in [5.74, 6) is 0.559. The molecule has 2 heterocycles. The fourth-order valence-electron chi connectivity index (χ4n) is 1.47. The first-order valence-corrected chi connectivity index (χ1v) is 5.84. The molecule has 1 aliphatic carbocycles. The summed E-state index contributed by atoms with van der Waals surface area (Å²) in [5, 5.41) is 6.88. The van der Waals surface area contributed by atoms with Crippen LogP contribution >= 0.6 is 15.9 Å². The highest BCUT2D eigenvalue weighted by Crippen LogP contribution is 2.29. The van der Waals surface area contributed by atoms with Crippen molar-refractivity contribution in [3.8, 4) is 0 Å². The van der Waals surface area contributed by atoms with Gasteiger partial charge < -0.3 is 0 Å². The zero-order valence-corrected chi connectivity index (χ0v) is 9.94. The Hall–Kier alpha value is -1.43. The third kappa shape index (κ3) is 1.80. The molecule has 3 rings (SSSR count). The number of nitrogens with zero attached hydrogens (tertiary/aromatic N) is 3. The zero-order chi connectivity index (χ0) is 11.1. The predicted octanol–water partition coefficient (Wildman–Crippen LogP) is 1.84. The first kappa shape index (κ1) is 9.77. The Balaban J connectivity index is 1.89. The largest absolute Gasteiger partial charge is 0.293 e. The normalized spacial score (nSPS) is 15.3. The standard InChI is InChI=1S/C10H9BrN4O/c11-7-3-4-8-12-10(14-15(8)5-7)13-9(16)6-1-2-6/h3-6H,1-2H2,(H,13,14,16). The summed E-state index contributed by atoms with van der Waals surface area (Å²) in [6.07, 6.45) is 3.75. The van der Waals surface area contributed by atoms with Crippen LogP contribution in [0.5, 0.6) is 0 Å². The smallest absolute Gasteiger partial charge is 0.249 e. The van der Waals surface area contributed by atoms with Gasteiger partial charge >= 0.3 is 0 Å². The molecule has 0 unspecified atom stereocenters. The van der Waals surface area contributed by atoms with Crippen molar-refractivity contribution in [3.63, 3.8) is 0 Å². The molecule has 16 heavy (non-hydrogen) atoms. The number of halogens is 1. The molecule has 0 radical (unpaired) electrons. The second-order valence-corrected chi connectivity index (χ2v) is 4.76. The Morgan fingerprint density at radius 3 is 3.06 bits per heavy atom. The summed E-state index contributed by atoms with van der Waals surface area (Å²) in [5.41, 5.74) is 0.717. The Labute approximate surface area is 100.0 Å². The molecule has 82 valence electrons. The van der Waals surface area contributed by atoms with E-state index in [4.69, 9.17) is 0 Å². The van der Waals surface area contributed by atoms with E-state index in [-0.39, 0.29) is 11.8 Å². The van der Waals surface area contributed by atoms with Gasteiger partial charge in [-0.2, -0.15) is 4.98 Å². The number of carbonyl (C=O) groups excluding carboxylic acids is 1. The Morgan fingerprint density at radius 2 is 2.31 bits per heavy atom. The molecule has 0 bridgehead atoms. The van der Waals surface area contributed by atoms with Gasteiger partial charge in [-0.3, -0.25) is 10.1 Å². The lowest BCUT2D eigenvalue weighted by atomic mass is 10.4. The second kappa shape index (κ2) is 3.55. The quantitative estimate of drug-likeness (QED) is 0.913. The molecular formula is C10H9BrN4O. The molecule has 0 saturated heterocycles. The van der Waals surface area contributed by atoms with E-state index in [1.807, 2.05) is 12.1 Å². The summed E-state index contributed by atoms with van der Waals surface area (Å²) in [4.78, 5) is 15.7. The maximum atomic E-state index is 11.5. The van der Waals surface area contributed by atoms with Gasteiger partial charge in [0, 0.05) is 16.6 Å². The summed E-state index contributed by atoms with van der Waals surface area (Å²) in [6, 6.07) is 3.72. The van der Waals surface area contributed by atoms with Crippen LogP contribution in [0.4, 0.5) is 5.95 Å². The molecule has 1 N–H and O–H groups in total. The summed E-state index contributed by atoms with van der Waals surface area (Å²) < 4.78 is 2.55. The van der Waals surface area contributed by atoms with Gasteiger partial charge in [0.15, 0.2) is 5.65 Å². The van der Waals surface area contributed by atoms with Crippen molar-refractivity contribution < 1.29 is 4.79 Å². The topological polar surface area (TPSA) is 59.3 Å². The van der Waals surface area contributed by atoms with Crippen molar-refractivity contribution in [1.82, 2.24) is 14.6 Å². The number of rotatable bonds is 2. The van der Waals surface area contributed by atoms with Crippen molar-refractivity contribution in [2.75, 3.05) is 5.32 Å². The molecule has 2 aromatic heterocycles. The van der Waals surface area contributed by atoms with Gasteiger partial charge in [0.2, 0.25) is 11.9 Å². The maximum Gasteiger partial charge on any atom is 0.249 e. The fraction of sp³-hybridized carbons (Fsp3) is 0.300. The average Bonchev–Trinajstić information content (AvgIpc) is 3.00. The van der Waals surface area contributed by atoms with Gasteiger partial charge in [0.1, 0.15) is 0 Å². The third-order valence-electron chi connectivity index (χ3n) is 2.48. The SMILES string of the molecule is O=C(Nc1nc2ccc(Br)cn2n1)C1CC1. The number of nitrogens with one attached hydrogen (secondary N) is 1. The number of carbonyl (C=O) groups is 1. The molecule has 1 fully saturated rings. The molecule has 1 aliphatic rings. The summed E-state index contributed by atoms with van der Waals surface area (Å²) in [6.45, 7) is 0. The highest BCUT2D eigenvalue weighted by Gasteiger charge is 2.30. The maximum absolute atomic E-state index is 11.5. The van der Waals surface area contributed by atoms with E-state index in [1.165, 1.54) is 0 Å². The van der Waals surface area contributed by atoms with Gasteiger partial charge in [-0.1, -0.05) is 0 Å². The van der Waals surface area contributed by atoms with E-state index in [1.54, 1.807) is 10.7 Å². The van der Waals surface area contributed by atoms with Crippen LogP contribution in [0.2, 0.25) is 0 Å². The Bertz CT molecular complexity index is 561. The molecule has 2 aromatic rings. The van der Waals surface area contributed by atoms with E-state index in [0.717, 1.165) is 17.3 Å². The number of amides is 1. The number of anilines is 1. The first-order valence-electron chi connectivity index (χ1n) is 5.05. The van der Waals surface area contributed by atoms with Crippen LogP contribution in [0, 0.1) is 5.92 Å². The second-order valence-electron chi connectivity index (χ2n) is 3.85. The number of hydrogen-bond acceptors (Lipinski definition) is 3. The minimum absolute atomic E-state index is 0.0231. The number of hydrogen-bond donors (Lipinski definition) is 1. The number of aromatic nitrogens is 3. The van der Waals surface area contributed by atoms with Gasteiger partial charge in [-0.25, -0.2) is 4.52 Å². The molecule has 0 aliphatic heterocycles. The highest BCUT2D eigenvalue weighted by molar-refractivity contribution is 9.10. The van der Waals surface area contributed by atoms with E-state index < -0.39 is 0 Å². The molecule has 1 amide bonds. The monoisotopic (exact) mass is 280 g/mol. The van der Waals surface area contributed by atoms with Gasteiger partial charge in [-0.15, -0.1) is 5.10 Å². The van der Waals surface area contributed by atoms with Crippen LogP contribution in [-0.2, 0) is 4.79 Å². The van der Waals surface area contributed by atoms with Crippen LogP contribution in [0.25, 0.3) is 5.65 Å². The Kier molecular flexibility index (Phi) is 2.17. The molecule has 5 nitrogen and oxygen atoms in total. The summed E-state index contributed by atoms with van der Waals surface area (Å²) in [7, 11) is 0. The van der Waals surface area contributed by atoms with E-state index in [0.29, 0.717) is 11.6 Å². The molecule has 0 atom stereocenters. The van der Waals surface area contributed by atoms with Crippen LogP contribution in [0.3, 0.4) is 0 Å². The van der Waals surface area contributed by atoms with Gasteiger partial charge in [0.05, 0.1) is 0 Å². The summed E-state index contributed by atoms with van der Waals surface area (Å²) >= 11 is 3.35. The van der Waals surface area contributed by atoms with Crippen molar-refractivity contribution in [2.24, 2.45) is 5.92 Å². The third-order valence-corrected chi connectivity index (χ3v) is 2.95. The molecule has 0 aromatic carbocycles. The lowest BCUT2D eigenvalue weighted by molar-refractivity contribution is -0.117. The van der Waals surface area contributed by atoms with Crippen molar-refractivity contribution >= 4 is 33.4 Å². The highest BCUT2D eigenvalue weighted by atomic mass is 79.9.